The number of hydrogen-bond acceptors (Lipinski definition) is 3. The first-order chi connectivity index (χ1) is 8.06. The van der Waals surface area contributed by atoms with Crippen molar-refractivity contribution in [3.63, 3.8) is 0 Å². The molecule has 0 spiro atoms. The molecule has 0 fully saturated rings. The number of oxazole rings is 1. The second-order valence-electron chi connectivity index (χ2n) is 3.61. The van der Waals surface area contributed by atoms with Crippen LogP contribution in [0.25, 0.3) is 0 Å². The van der Waals surface area contributed by atoms with Crippen LogP contribution >= 0.6 is 22.6 Å². The summed E-state index contributed by atoms with van der Waals surface area (Å²) >= 11 is 2.19. The molecule has 1 N–H and O–H groups in total. The van der Waals surface area contributed by atoms with Crippen molar-refractivity contribution in [2.75, 3.05) is 5.32 Å². The lowest BCUT2D eigenvalue weighted by Crippen LogP contribution is -2.12. The Morgan fingerprint density at radius 1 is 1.41 bits per heavy atom. The van der Waals surface area contributed by atoms with Crippen LogP contribution in [-0.4, -0.2) is 10.9 Å². The summed E-state index contributed by atoms with van der Waals surface area (Å²) in [6.07, 6.45) is 0. The van der Waals surface area contributed by atoms with Crippen molar-refractivity contribution in [3.05, 3.63) is 45.2 Å². The Bertz CT molecular complexity index is 563. The van der Waals surface area contributed by atoms with Crippen LogP contribution in [0.2, 0.25) is 0 Å². The van der Waals surface area contributed by atoms with Gasteiger partial charge in [-0.3, -0.25) is 4.79 Å². The number of hydrogen-bond donors (Lipinski definition) is 1. The zero-order chi connectivity index (χ0) is 12.4. The van der Waals surface area contributed by atoms with Crippen LogP contribution in [0.15, 0.2) is 28.7 Å². The number of nitrogens with zero attached hydrogens (tertiary/aromatic N) is 1. The van der Waals surface area contributed by atoms with Crippen molar-refractivity contribution in [3.8, 4) is 0 Å². The van der Waals surface area contributed by atoms with Crippen LogP contribution < -0.4 is 5.32 Å². The number of rotatable bonds is 2. The number of aryl methyl sites for hydroxylation is 2. The number of amides is 1. The summed E-state index contributed by atoms with van der Waals surface area (Å²) in [7, 11) is 0. The SMILES string of the molecule is Cc1nc(C)c(C(=O)Nc2cccc(I)c2)o1. The van der Waals surface area contributed by atoms with Crippen molar-refractivity contribution in [2.24, 2.45) is 0 Å². The highest BCUT2D eigenvalue weighted by molar-refractivity contribution is 14.1. The number of nitrogens with one attached hydrogen (secondary N) is 1. The molecule has 1 amide bonds. The second-order valence-corrected chi connectivity index (χ2v) is 4.86. The quantitative estimate of drug-likeness (QED) is 0.853. The Labute approximate surface area is 113 Å². The fourth-order valence-electron chi connectivity index (χ4n) is 1.50. The summed E-state index contributed by atoms with van der Waals surface area (Å²) in [5.74, 6) is 0.488. The van der Waals surface area contributed by atoms with Crippen LogP contribution in [0.1, 0.15) is 22.1 Å². The molecule has 0 aliphatic carbocycles. The number of benzene rings is 1. The van der Waals surface area contributed by atoms with Crippen LogP contribution in [0.3, 0.4) is 0 Å². The molecule has 0 aliphatic rings. The number of halogens is 1. The molecule has 1 aromatic carbocycles. The van der Waals surface area contributed by atoms with Crippen molar-refractivity contribution >= 4 is 34.2 Å². The zero-order valence-corrected chi connectivity index (χ0v) is 11.6. The van der Waals surface area contributed by atoms with Gasteiger partial charge in [0.15, 0.2) is 5.89 Å². The summed E-state index contributed by atoms with van der Waals surface area (Å²) < 4.78 is 6.31. The zero-order valence-electron chi connectivity index (χ0n) is 9.45. The Hall–Kier alpha value is -1.37. The lowest BCUT2D eigenvalue weighted by atomic mass is 10.3. The average Bonchev–Trinajstić information content (AvgIpc) is 2.58. The molecule has 1 aromatic heterocycles. The van der Waals surface area contributed by atoms with E-state index in [2.05, 4.69) is 32.9 Å². The predicted octanol–water partition coefficient (Wildman–Crippen LogP) is 3.15. The Balaban J connectivity index is 2.20. The normalized spacial score (nSPS) is 10.3. The van der Waals surface area contributed by atoms with Gasteiger partial charge in [-0.25, -0.2) is 4.98 Å². The third-order valence-electron chi connectivity index (χ3n) is 2.19. The van der Waals surface area contributed by atoms with Gasteiger partial charge >= 0.3 is 0 Å². The molecular weight excluding hydrogens is 331 g/mol. The van der Waals surface area contributed by atoms with E-state index >= 15 is 0 Å². The molecule has 0 saturated heterocycles. The molecule has 2 rings (SSSR count). The van der Waals surface area contributed by atoms with E-state index < -0.39 is 0 Å². The molecular formula is C12H11IN2O2. The third kappa shape index (κ3) is 2.85. The number of carbonyl (C=O) groups excluding carboxylic acids is 1. The van der Waals surface area contributed by atoms with Gasteiger partial charge < -0.3 is 9.73 Å². The summed E-state index contributed by atoms with van der Waals surface area (Å²) in [6, 6.07) is 7.56. The number of anilines is 1. The minimum absolute atomic E-state index is 0.265. The Morgan fingerprint density at radius 2 is 2.18 bits per heavy atom. The van der Waals surface area contributed by atoms with Crippen LogP contribution in [0.4, 0.5) is 5.69 Å². The van der Waals surface area contributed by atoms with E-state index in [-0.39, 0.29) is 11.7 Å². The van der Waals surface area contributed by atoms with Crippen LogP contribution in [0, 0.1) is 17.4 Å². The summed E-state index contributed by atoms with van der Waals surface area (Å²) in [5.41, 5.74) is 1.35. The first-order valence-electron chi connectivity index (χ1n) is 5.07. The van der Waals surface area contributed by atoms with Gasteiger partial charge in [0.05, 0.1) is 5.69 Å². The summed E-state index contributed by atoms with van der Waals surface area (Å²) in [6.45, 7) is 3.47. The maximum atomic E-state index is 11.9. The molecule has 0 saturated carbocycles. The highest BCUT2D eigenvalue weighted by atomic mass is 127. The fourth-order valence-corrected chi connectivity index (χ4v) is 2.04. The van der Waals surface area contributed by atoms with E-state index in [0.29, 0.717) is 11.6 Å². The average molecular weight is 342 g/mol. The predicted molar refractivity (Wildman–Crippen MR) is 73.1 cm³/mol. The molecule has 0 bridgehead atoms. The Morgan fingerprint density at radius 3 is 2.76 bits per heavy atom. The monoisotopic (exact) mass is 342 g/mol. The summed E-state index contributed by atoms with van der Waals surface area (Å²) in [5, 5.41) is 2.78. The number of aromatic nitrogens is 1. The van der Waals surface area contributed by atoms with Gasteiger partial charge in [0.2, 0.25) is 5.76 Å². The highest BCUT2D eigenvalue weighted by Crippen LogP contribution is 2.15. The smallest absolute Gasteiger partial charge is 0.293 e. The van der Waals surface area contributed by atoms with Gasteiger partial charge in [0.1, 0.15) is 0 Å². The topological polar surface area (TPSA) is 55.1 Å². The molecule has 5 heteroatoms. The van der Waals surface area contributed by atoms with Crippen molar-refractivity contribution < 1.29 is 9.21 Å². The van der Waals surface area contributed by atoms with Crippen LogP contribution in [-0.2, 0) is 0 Å². The first kappa shape index (κ1) is 12.1. The molecule has 4 nitrogen and oxygen atoms in total. The van der Waals surface area contributed by atoms with Gasteiger partial charge in [0.25, 0.3) is 5.91 Å². The van der Waals surface area contributed by atoms with E-state index in [4.69, 9.17) is 4.42 Å². The highest BCUT2D eigenvalue weighted by Gasteiger charge is 2.15. The Kier molecular flexibility index (Phi) is 3.46. The lowest BCUT2D eigenvalue weighted by Gasteiger charge is -2.03. The van der Waals surface area contributed by atoms with Gasteiger partial charge in [-0.2, -0.15) is 0 Å². The third-order valence-corrected chi connectivity index (χ3v) is 2.86. The summed E-state index contributed by atoms with van der Waals surface area (Å²) in [4.78, 5) is 16.0. The fraction of sp³-hybridized carbons (Fsp3) is 0.167. The van der Waals surface area contributed by atoms with Gasteiger partial charge in [-0.15, -0.1) is 0 Å². The van der Waals surface area contributed by atoms with E-state index in [1.165, 1.54) is 0 Å². The molecule has 2 aromatic rings. The molecule has 88 valence electrons. The van der Waals surface area contributed by atoms with Gasteiger partial charge in [-0.05, 0) is 47.7 Å². The number of carbonyl (C=O) groups is 1. The van der Waals surface area contributed by atoms with Crippen LogP contribution in [0.5, 0.6) is 0 Å². The molecule has 0 atom stereocenters. The van der Waals surface area contributed by atoms with Crippen molar-refractivity contribution in [2.45, 2.75) is 13.8 Å². The minimum Gasteiger partial charge on any atom is -0.436 e. The van der Waals surface area contributed by atoms with E-state index in [9.17, 15) is 4.79 Å². The standard InChI is InChI=1S/C12H11IN2O2/c1-7-11(17-8(2)14-7)12(16)15-10-5-3-4-9(13)6-10/h3-6H,1-2H3,(H,15,16). The van der Waals surface area contributed by atoms with Crippen molar-refractivity contribution in [1.82, 2.24) is 4.98 Å². The molecule has 0 aliphatic heterocycles. The maximum absolute atomic E-state index is 11.9. The van der Waals surface area contributed by atoms with E-state index in [1.54, 1.807) is 13.8 Å². The second kappa shape index (κ2) is 4.87. The molecule has 0 radical (unpaired) electrons. The van der Waals surface area contributed by atoms with E-state index in [0.717, 1.165) is 9.26 Å². The first-order valence-corrected chi connectivity index (χ1v) is 6.15. The maximum Gasteiger partial charge on any atom is 0.293 e. The minimum atomic E-state index is -0.273. The largest absolute Gasteiger partial charge is 0.436 e. The van der Waals surface area contributed by atoms with Gasteiger partial charge in [-0.1, -0.05) is 6.07 Å². The lowest BCUT2D eigenvalue weighted by molar-refractivity contribution is 0.0994. The molecule has 17 heavy (non-hydrogen) atoms. The van der Waals surface area contributed by atoms with Gasteiger partial charge in [0, 0.05) is 16.2 Å². The molecule has 1 heterocycles. The molecule has 0 unspecified atom stereocenters. The van der Waals surface area contributed by atoms with E-state index in [1.807, 2.05) is 24.3 Å². The van der Waals surface area contributed by atoms with Crippen molar-refractivity contribution in [1.29, 1.82) is 0 Å².